The maximum absolute atomic E-state index is 4.36. The second-order valence-corrected chi connectivity index (χ2v) is 5.25. The van der Waals surface area contributed by atoms with E-state index < -0.39 is 0 Å². The highest BCUT2D eigenvalue weighted by molar-refractivity contribution is 7.09. The summed E-state index contributed by atoms with van der Waals surface area (Å²) in [5.41, 5.74) is 3.17. The van der Waals surface area contributed by atoms with Crippen molar-refractivity contribution in [2.75, 3.05) is 6.54 Å². The summed E-state index contributed by atoms with van der Waals surface area (Å²) in [6.45, 7) is 7.03. The van der Waals surface area contributed by atoms with Gasteiger partial charge in [-0.05, 0) is 32.0 Å². The van der Waals surface area contributed by atoms with Crippen LogP contribution >= 0.6 is 11.3 Å². The van der Waals surface area contributed by atoms with Crippen LogP contribution in [-0.2, 0) is 6.42 Å². The number of hydrogen-bond acceptors (Lipinski definition) is 5. The van der Waals surface area contributed by atoms with Crippen LogP contribution in [0, 0.1) is 13.8 Å². The van der Waals surface area contributed by atoms with Crippen LogP contribution in [-0.4, -0.2) is 21.7 Å². The highest BCUT2D eigenvalue weighted by Crippen LogP contribution is 2.21. The van der Waals surface area contributed by atoms with E-state index in [2.05, 4.69) is 33.5 Å². The number of thiazole rings is 1. The van der Waals surface area contributed by atoms with Crippen LogP contribution < -0.4 is 5.32 Å². The fourth-order valence-corrected chi connectivity index (χ4v) is 2.65. The quantitative estimate of drug-likeness (QED) is 0.899. The highest BCUT2D eigenvalue weighted by atomic mass is 32.1. The smallest absolute Gasteiger partial charge is 0.0943 e. The first-order valence-corrected chi connectivity index (χ1v) is 7.01. The third kappa shape index (κ3) is 3.11. The fraction of sp³-hybridized carbons (Fsp3) is 0.462. The van der Waals surface area contributed by atoms with Crippen molar-refractivity contribution >= 4 is 11.3 Å². The van der Waals surface area contributed by atoms with Crippen LogP contribution in [0.1, 0.15) is 34.9 Å². The first-order valence-electron chi connectivity index (χ1n) is 6.13. The van der Waals surface area contributed by atoms with Crippen LogP contribution in [0.4, 0.5) is 0 Å². The molecule has 18 heavy (non-hydrogen) atoms. The third-order valence-corrected chi connectivity index (χ3v) is 3.63. The van der Waals surface area contributed by atoms with Crippen molar-refractivity contribution in [2.24, 2.45) is 0 Å². The maximum atomic E-state index is 4.36. The summed E-state index contributed by atoms with van der Waals surface area (Å²) in [5, 5.41) is 15.0. The van der Waals surface area contributed by atoms with E-state index in [4.69, 9.17) is 0 Å². The van der Waals surface area contributed by atoms with Gasteiger partial charge in [0.2, 0.25) is 0 Å². The van der Waals surface area contributed by atoms with Gasteiger partial charge in [-0.15, -0.1) is 11.3 Å². The summed E-state index contributed by atoms with van der Waals surface area (Å²) in [6.07, 6.45) is 2.75. The van der Waals surface area contributed by atoms with Gasteiger partial charge in [0.05, 0.1) is 16.4 Å². The molecule has 2 heterocycles. The molecule has 1 N–H and O–H groups in total. The standard InChI is InChI=1S/C13H18N4S/c1-4-14-12(8-13-15-5-6-18-13)11-7-9(2)16-17-10(11)3/h5-7,12,14H,4,8H2,1-3H3. The molecule has 5 heteroatoms. The van der Waals surface area contributed by atoms with E-state index in [0.29, 0.717) is 0 Å². The van der Waals surface area contributed by atoms with Crippen LogP contribution in [0.15, 0.2) is 17.6 Å². The van der Waals surface area contributed by atoms with Gasteiger partial charge in [0, 0.05) is 24.0 Å². The molecule has 1 unspecified atom stereocenters. The molecule has 0 bridgehead atoms. The molecule has 0 saturated heterocycles. The molecule has 0 radical (unpaired) electrons. The van der Waals surface area contributed by atoms with Crippen molar-refractivity contribution in [1.29, 1.82) is 0 Å². The van der Waals surface area contributed by atoms with Gasteiger partial charge in [0.15, 0.2) is 0 Å². The van der Waals surface area contributed by atoms with Crippen LogP contribution in [0.5, 0.6) is 0 Å². The average molecular weight is 262 g/mol. The molecule has 2 rings (SSSR count). The van der Waals surface area contributed by atoms with Gasteiger partial charge >= 0.3 is 0 Å². The number of aryl methyl sites for hydroxylation is 2. The number of nitrogens with one attached hydrogen (secondary N) is 1. The molecule has 0 aromatic carbocycles. The predicted molar refractivity (Wildman–Crippen MR) is 73.7 cm³/mol. The van der Waals surface area contributed by atoms with Gasteiger partial charge in [0.1, 0.15) is 0 Å². The van der Waals surface area contributed by atoms with Gasteiger partial charge in [-0.1, -0.05) is 6.92 Å². The molecule has 1 atom stereocenters. The first-order chi connectivity index (χ1) is 8.70. The second kappa shape index (κ2) is 6.02. The molecule has 0 amide bonds. The Labute approximate surface area is 111 Å². The largest absolute Gasteiger partial charge is 0.310 e. The van der Waals surface area contributed by atoms with Crippen molar-refractivity contribution in [3.05, 3.63) is 39.6 Å². The lowest BCUT2D eigenvalue weighted by molar-refractivity contribution is 0.541. The monoisotopic (exact) mass is 262 g/mol. The molecule has 0 spiro atoms. The van der Waals surface area contributed by atoms with Crippen molar-refractivity contribution < 1.29 is 0 Å². The third-order valence-electron chi connectivity index (χ3n) is 2.83. The molecule has 2 aromatic heterocycles. The Morgan fingerprint density at radius 3 is 2.83 bits per heavy atom. The second-order valence-electron chi connectivity index (χ2n) is 4.27. The first kappa shape index (κ1) is 13.1. The summed E-state index contributed by atoms with van der Waals surface area (Å²) in [5.74, 6) is 0. The predicted octanol–water partition coefficient (Wildman–Crippen LogP) is 2.44. The summed E-state index contributed by atoms with van der Waals surface area (Å²) in [7, 11) is 0. The zero-order valence-electron chi connectivity index (χ0n) is 11.0. The minimum atomic E-state index is 0.260. The van der Waals surface area contributed by atoms with Gasteiger partial charge < -0.3 is 5.32 Å². The highest BCUT2D eigenvalue weighted by Gasteiger charge is 2.16. The van der Waals surface area contributed by atoms with E-state index in [9.17, 15) is 0 Å². The SMILES string of the molecule is CCNC(Cc1nccs1)c1cc(C)nnc1C. The number of hydrogen-bond donors (Lipinski definition) is 1. The van der Waals surface area contributed by atoms with E-state index in [-0.39, 0.29) is 6.04 Å². The lowest BCUT2D eigenvalue weighted by Crippen LogP contribution is -2.24. The van der Waals surface area contributed by atoms with Gasteiger partial charge in [-0.25, -0.2) is 4.98 Å². The fourth-order valence-electron chi connectivity index (χ4n) is 1.99. The van der Waals surface area contributed by atoms with E-state index in [1.807, 2.05) is 25.4 Å². The molecule has 4 nitrogen and oxygen atoms in total. The molecular weight excluding hydrogens is 244 g/mol. The Balaban J connectivity index is 2.26. The Morgan fingerprint density at radius 2 is 2.17 bits per heavy atom. The maximum Gasteiger partial charge on any atom is 0.0943 e. The topological polar surface area (TPSA) is 50.7 Å². The van der Waals surface area contributed by atoms with E-state index >= 15 is 0 Å². The summed E-state index contributed by atoms with van der Waals surface area (Å²) in [6, 6.07) is 2.37. The lowest BCUT2D eigenvalue weighted by atomic mass is 10.0. The number of rotatable bonds is 5. The van der Waals surface area contributed by atoms with Crippen LogP contribution in [0.3, 0.4) is 0 Å². The minimum absolute atomic E-state index is 0.260. The van der Waals surface area contributed by atoms with E-state index in [1.165, 1.54) is 5.56 Å². The molecule has 96 valence electrons. The molecule has 0 saturated carbocycles. The normalized spacial score (nSPS) is 12.6. The number of likely N-dealkylation sites (N-methyl/N-ethyl adjacent to an activating group) is 1. The Kier molecular flexibility index (Phi) is 4.38. The summed E-state index contributed by atoms with van der Waals surface area (Å²) in [4.78, 5) is 4.36. The molecule has 0 aliphatic heterocycles. The molecule has 0 fully saturated rings. The van der Waals surface area contributed by atoms with Crippen LogP contribution in [0.25, 0.3) is 0 Å². The van der Waals surface area contributed by atoms with Crippen molar-refractivity contribution in [3.63, 3.8) is 0 Å². The van der Waals surface area contributed by atoms with Gasteiger partial charge in [-0.3, -0.25) is 0 Å². The van der Waals surface area contributed by atoms with E-state index in [0.717, 1.165) is 29.4 Å². The number of nitrogens with zero attached hydrogens (tertiary/aromatic N) is 3. The molecule has 0 aliphatic rings. The Bertz CT molecular complexity index is 496. The molecular formula is C13H18N4S. The van der Waals surface area contributed by atoms with Crippen molar-refractivity contribution in [2.45, 2.75) is 33.2 Å². The number of aromatic nitrogens is 3. The van der Waals surface area contributed by atoms with Crippen molar-refractivity contribution in [3.8, 4) is 0 Å². The molecule has 0 aliphatic carbocycles. The lowest BCUT2D eigenvalue weighted by Gasteiger charge is -2.18. The summed E-state index contributed by atoms with van der Waals surface area (Å²) >= 11 is 1.69. The van der Waals surface area contributed by atoms with Gasteiger partial charge in [0.25, 0.3) is 0 Å². The zero-order valence-corrected chi connectivity index (χ0v) is 11.8. The average Bonchev–Trinajstić information content (AvgIpc) is 2.85. The van der Waals surface area contributed by atoms with E-state index in [1.54, 1.807) is 11.3 Å². The van der Waals surface area contributed by atoms with Crippen LogP contribution in [0.2, 0.25) is 0 Å². The van der Waals surface area contributed by atoms with Gasteiger partial charge in [-0.2, -0.15) is 10.2 Å². The Morgan fingerprint density at radius 1 is 1.33 bits per heavy atom. The Hall–Kier alpha value is -1.33. The zero-order chi connectivity index (χ0) is 13.0. The minimum Gasteiger partial charge on any atom is -0.310 e. The van der Waals surface area contributed by atoms with Crippen molar-refractivity contribution in [1.82, 2.24) is 20.5 Å². The summed E-state index contributed by atoms with van der Waals surface area (Å²) < 4.78 is 0. The molecule has 2 aromatic rings.